The van der Waals surface area contributed by atoms with E-state index in [0.717, 1.165) is 12.0 Å². The Kier molecular flexibility index (Phi) is 6.12. The van der Waals surface area contributed by atoms with Gasteiger partial charge in [0.1, 0.15) is 5.75 Å². The molecule has 0 radical (unpaired) electrons. The lowest BCUT2D eigenvalue weighted by molar-refractivity contribution is -0.137. The highest BCUT2D eigenvalue weighted by molar-refractivity contribution is 5.91. The number of hydrogen-bond donors (Lipinski definition) is 0. The molecule has 0 aliphatic rings. The lowest BCUT2D eigenvalue weighted by atomic mass is 10.2. The Morgan fingerprint density at radius 3 is 2.35 bits per heavy atom. The van der Waals surface area contributed by atoms with E-state index in [9.17, 15) is 9.59 Å². The van der Waals surface area contributed by atoms with Gasteiger partial charge in [-0.05, 0) is 42.3 Å². The number of carbonyl (C=O) groups is 2. The van der Waals surface area contributed by atoms with E-state index in [0.29, 0.717) is 17.9 Å². The van der Waals surface area contributed by atoms with Crippen LogP contribution < -0.4 is 4.74 Å². The molecule has 4 nitrogen and oxygen atoms in total. The quantitative estimate of drug-likeness (QED) is 0.462. The van der Waals surface area contributed by atoms with Crippen molar-refractivity contribution in [1.29, 1.82) is 0 Å². The molecule has 0 bridgehead atoms. The van der Waals surface area contributed by atoms with Crippen LogP contribution >= 0.6 is 0 Å². The fourth-order valence-electron chi connectivity index (χ4n) is 1.80. The molecule has 0 atom stereocenters. The molecule has 23 heavy (non-hydrogen) atoms. The smallest absolute Gasteiger partial charge is 0.343 e. The van der Waals surface area contributed by atoms with Crippen LogP contribution in [0.5, 0.6) is 5.75 Å². The molecule has 0 amide bonds. The van der Waals surface area contributed by atoms with E-state index in [-0.39, 0.29) is 5.97 Å². The zero-order valence-electron chi connectivity index (χ0n) is 12.9. The van der Waals surface area contributed by atoms with Crippen molar-refractivity contribution in [3.05, 3.63) is 71.8 Å². The number of esters is 2. The average molecular weight is 310 g/mol. The Balaban J connectivity index is 1.93. The second-order valence-corrected chi connectivity index (χ2v) is 4.83. The maximum absolute atomic E-state index is 11.9. The van der Waals surface area contributed by atoms with Gasteiger partial charge in [-0.2, -0.15) is 0 Å². The molecule has 0 aliphatic carbocycles. The summed E-state index contributed by atoms with van der Waals surface area (Å²) in [6, 6.07) is 15.7. The number of carbonyl (C=O) groups excluding carboxylic acids is 2. The van der Waals surface area contributed by atoms with E-state index < -0.39 is 5.97 Å². The van der Waals surface area contributed by atoms with Crippen LogP contribution in [0.25, 0.3) is 6.08 Å². The van der Waals surface area contributed by atoms with Gasteiger partial charge in [0.25, 0.3) is 0 Å². The van der Waals surface area contributed by atoms with Crippen LogP contribution in [0.3, 0.4) is 0 Å². The molecule has 0 aliphatic heterocycles. The van der Waals surface area contributed by atoms with E-state index >= 15 is 0 Å². The van der Waals surface area contributed by atoms with Gasteiger partial charge in [0.2, 0.25) is 0 Å². The second-order valence-electron chi connectivity index (χ2n) is 4.83. The fourth-order valence-corrected chi connectivity index (χ4v) is 1.80. The molecule has 118 valence electrons. The van der Waals surface area contributed by atoms with Gasteiger partial charge in [0.05, 0.1) is 12.2 Å². The third-order valence-corrected chi connectivity index (χ3v) is 2.96. The van der Waals surface area contributed by atoms with E-state index in [1.165, 1.54) is 6.08 Å². The maximum Gasteiger partial charge on any atom is 0.343 e. The lowest BCUT2D eigenvalue weighted by Gasteiger charge is -2.04. The highest BCUT2D eigenvalue weighted by Gasteiger charge is 2.07. The Hall–Kier alpha value is -2.88. The topological polar surface area (TPSA) is 52.6 Å². The molecule has 0 fully saturated rings. The molecule has 2 aromatic rings. The van der Waals surface area contributed by atoms with Crippen LogP contribution in [0.2, 0.25) is 0 Å². The summed E-state index contributed by atoms with van der Waals surface area (Å²) in [6.45, 7) is 2.35. The van der Waals surface area contributed by atoms with E-state index in [2.05, 4.69) is 0 Å². The molecule has 0 spiro atoms. The van der Waals surface area contributed by atoms with Gasteiger partial charge in [-0.1, -0.05) is 37.3 Å². The molecular formula is C19H18O4. The van der Waals surface area contributed by atoms with Crippen molar-refractivity contribution in [3.8, 4) is 5.75 Å². The maximum atomic E-state index is 11.9. The Labute approximate surface area is 135 Å². The number of hydrogen-bond acceptors (Lipinski definition) is 4. The largest absolute Gasteiger partial charge is 0.463 e. The van der Waals surface area contributed by atoms with Crippen molar-refractivity contribution in [1.82, 2.24) is 0 Å². The summed E-state index contributed by atoms with van der Waals surface area (Å²) in [5, 5.41) is 0. The molecule has 0 heterocycles. The first kappa shape index (κ1) is 16.5. The SMILES string of the molecule is CCCOC(=O)/C=C\c1ccc(OC(=O)c2ccccc2)cc1. The van der Waals surface area contributed by atoms with Crippen LogP contribution in [-0.4, -0.2) is 18.5 Å². The van der Waals surface area contributed by atoms with Crippen LogP contribution in [0.15, 0.2) is 60.7 Å². The fraction of sp³-hybridized carbons (Fsp3) is 0.158. The minimum absolute atomic E-state index is 0.369. The van der Waals surface area contributed by atoms with Crippen molar-refractivity contribution in [2.75, 3.05) is 6.61 Å². The van der Waals surface area contributed by atoms with Crippen molar-refractivity contribution >= 4 is 18.0 Å². The normalized spacial score (nSPS) is 10.5. The van der Waals surface area contributed by atoms with Crippen molar-refractivity contribution in [2.24, 2.45) is 0 Å². The second kappa shape index (κ2) is 8.54. The zero-order valence-corrected chi connectivity index (χ0v) is 12.9. The summed E-state index contributed by atoms with van der Waals surface area (Å²) in [6.07, 6.45) is 3.82. The van der Waals surface area contributed by atoms with Crippen molar-refractivity contribution < 1.29 is 19.1 Å². The van der Waals surface area contributed by atoms with Crippen molar-refractivity contribution in [2.45, 2.75) is 13.3 Å². The predicted molar refractivity (Wildman–Crippen MR) is 88.1 cm³/mol. The van der Waals surface area contributed by atoms with E-state index in [1.54, 1.807) is 54.6 Å². The zero-order chi connectivity index (χ0) is 16.5. The van der Waals surface area contributed by atoms with Crippen LogP contribution in [0.1, 0.15) is 29.3 Å². The molecule has 2 aromatic carbocycles. The number of ether oxygens (including phenoxy) is 2. The van der Waals surface area contributed by atoms with E-state index in [1.807, 2.05) is 13.0 Å². The predicted octanol–water partition coefficient (Wildman–Crippen LogP) is 3.87. The lowest BCUT2D eigenvalue weighted by Crippen LogP contribution is -2.07. The Bertz CT molecular complexity index is 672. The molecule has 0 saturated heterocycles. The highest BCUT2D eigenvalue weighted by atomic mass is 16.5. The van der Waals surface area contributed by atoms with Crippen molar-refractivity contribution in [3.63, 3.8) is 0 Å². The molecule has 4 heteroatoms. The molecule has 0 saturated carbocycles. The highest BCUT2D eigenvalue weighted by Crippen LogP contribution is 2.15. The molecule has 0 N–H and O–H groups in total. The summed E-state index contributed by atoms with van der Waals surface area (Å²) in [5.74, 6) is -0.326. The third kappa shape index (κ3) is 5.43. The van der Waals surface area contributed by atoms with Gasteiger partial charge < -0.3 is 9.47 Å². The summed E-state index contributed by atoms with van der Waals surface area (Å²) in [7, 11) is 0. The molecule has 0 unspecified atom stereocenters. The molecule has 0 aromatic heterocycles. The minimum atomic E-state index is -0.406. The minimum Gasteiger partial charge on any atom is -0.463 e. The van der Waals surface area contributed by atoms with Gasteiger partial charge in [0, 0.05) is 6.08 Å². The standard InChI is InChI=1S/C19H18O4/c1-2-14-22-18(20)13-10-15-8-11-17(12-9-15)23-19(21)16-6-4-3-5-7-16/h3-13H,2,14H2,1H3/b13-10-. The Morgan fingerprint density at radius 1 is 1.00 bits per heavy atom. The third-order valence-electron chi connectivity index (χ3n) is 2.96. The summed E-state index contributed by atoms with van der Waals surface area (Å²) < 4.78 is 10.2. The number of rotatable bonds is 6. The molecular weight excluding hydrogens is 292 g/mol. The van der Waals surface area contributed by atoms with E-state index in [4.69, 9.17) is 9.47 Å². The first-order valence-electron chi connectivity index (χ1n) is 7.41. The first-order valence-corrected chi connectivity index (χ1v) is 7.41. The Morgan fingerprint density at radius 2 is 1.70 bits per heavy atom. The average Bonchev–Trinajstić information content (AvgIpc) is 2.60. The van der Waals surface area contributed by atoms with Crippen LogP contribution in [-0.2, 0) is 9.53 Å². The summed E-state index contributed by atoms with van der Waals surface area (Å²) >= 11 is 0. The molecule has 2 rings (SSSR count). The van der Waals surface area contributed by atoms with Gasteiger partial charge in [0.15, 0.2) is 0 Å². The summed E-state index contributed by atoms with van der Waals surface area (Å²) in [4.78, 5) is 23.3. The van der Waals surface area contributed by atoms with Crippen LogP contribution in [0.4, 0.5) is 0 Å². The van der Waals surface area contributed by atoms with Gasteiger partial charge in [-0.25, -0.2) is 9.59 Å². The van der Waals surface area contributed by atoms with Gasteiger partial charge in [-0.15, -0.1) is 0 Å². The van der Waals surface area contributed by atoms with Gasteiger partial charge >= 0.3 is 11.9 Å². The first-order chi connectivity index (χ1) is 11.2. The monoisotopic (exact) mass is 310 g/mol. The van der Waals surface area contributed by atoms with Gasteiger partial charge in [-0.3, -0.25) is 0 Å². The van der Waals surface area contributed by atoms with Crippen LogP contribution in [0, 0.1) is 0 Å². The number of benzene rings is 2. The summed E-state index contributed by atoms with van der Waals surface area (Å²) in [5.41, 5.74) is 1.31.